The van der Waals surface area contributed by atoms with Gasteiger partial charge in [-0.05, 0) is 13.8 Å². The minimum absolute atomic E-state index is 0.0149. The van der Waals surface area contributed by atoms with Crippen molar-refractivity contribution in [2.24, 2.45) is 5.92 Å². The van der Waals surface area contributed by atoms with Gasteiger partial charge in [-0.2, -0.15) is 0 Å². The molecule has 1 unspecified atom stereocenters. The lowest BCUT2D eigenvalue weighted by molar-refractivity contribution is -0.145. The zero-order valence-electron chi connectivity index (χ0n) is 9.90. The van der Waals surface area contributed by atoms with Gasteiger partial charge in [-0.15, -0.1) is 0 Å². The van der Waals surface area contributed by atoms with Crippen LogP contribution in [0.4, 0.5) is 0 Å². The van der Waals surface area contributed by atoms with Gasteiger partial charge >= 0.3 is 11.9 Å². The summed E-state index contributed by atoms with van der Waals surface area (Å²) in [6, 6.07) is 0. The molecule has 0 radical (unpaired) electrons. The summed E-state index contributed by atoms with van der Waals surface area (Å²) in [5.74, 6) is -1.96. The number of esters is 2. The highest BCUT2D eigenvalue weighted by Crippen LogP contribution is 2.12. The molecule has 0 fully saturated rings. The zero-order chi connectivity index (χ0) is 12.7. The molecule has 0 aromatic rings. The highest BCUT2D eigenvalue weighted by Gasteiger charge is 2.20. The molecular formula is C11H16O5. The third-order valence-electron chi connectivity index (χ3n) is 1.97. The highest BCUT2D eigenvalue weighted by atomic mass is 16.5. The number of Topliss-reactive ketones (excluding diaryl/α,β-unsaturated/α-hetero) is 1. The van der Waals surface area contributed by atoms with Gasteiger partial charge in [0.25, 0.3) is 0 Å². The summed E-state index contributed by atoms with van der Waals surface area (Å²) in [6.07, 6.45) is 1.40. The second kappa shape index (κ2) is 6.76. The summed E-state index contributed by atoms with van der Waals surface area (Å²) < 4.78 is 9.03. The van der Waals surface area contributed by atoms with Crippen molar-refractivity contribution in [2.75, 3.05) is 14.2 Å². The van der Waals surface area contributed by atoms with Crippen molar-refractivity contribution in [3.63, 3.8) is 0 Å². The third kappa shape index (κ3) is 4.72. The molecule has 0 saturated carbocycles. The molecule has 16 heavy (non-hydrogen) atoms. The Kier molecular flexibility index (Phi) is 6.07. The monoisotopic (exact) mass is 228 g/mol. The predicted molar refractivity (Wildman–Crippen MR) is 56.6 cm³/mol. The van der Waals surface area contributed by atoms with Crippen LogP contribution in [0.5, 0.6) is 0 Å². The fourth-order valence-corrected chi connectivity index (χ4v) is 1.20. The number of methoxy groups -OCH3 is 2. The van der Waals surface area contributed by atoms with Crippen molar-refractivity contribution >= 4 is 17.7 Å². The number of ether oxygens (including phenoxy) is 2. The summed E-state index contributed by atoms with van der Waals surface area (Å²) in [5, 5.41) is 0. The maximum absolute atomic E-state index is 11.3. The van der Waals surface area contributed by atoms with Crippen LogP contribution < -0.4 is 0 Å². The van der Waals surface area contributed by atoms with E-state index in [4.69, 9.17) is 0 Å². The van der Waals surface area contributed by atoms with Gasteiger partial charge in [-0.25, -0.2) is 4.79 Å². The Hall–Kier alpha value is -1.65. The van der Waals surface area contributed by atoms with Crippen LogP contribution in [-0.4, -0.2) is 31.9 Å². The molecule has 5 nitrogen and oxygen atoms in total. The van der Waals surface area contributed by atoms with E-state index >= 15 is 0 Å². The molecule has 0 aromatic carbocycles. The third-order valence-corrected chi connectivity index (χ3v) is 1.97. The van der Waals surface area contributed by atoms with Crippen LogP contribution in [0.2, 0.25) is 0 Å². The van der Waals surface area contributed by atoms with E-state index in [0.29, 0.717) is 0 Å². The Balaban J connectivity index is 4.84. The number of ketones is 1. The maximum atomic E-state index is 11.3. The lowest BCUT2D eigenvalue weighted by atomic mass is 10.0. The van der Waals surface area contributed by atoms with Crippen molar-refractivity contribution in [3.05, 3.63) is 11.6 Å². The number of hydrogen-bond acceptors (Lipinski definition) is 5. The molecule has 0 heterocycles. The van der Waals surface area contributed by atoms with E-state index in [1.807, 2.05) is 0 Å². The lowest BCUT2D eigenvalue weighted by Gasteiger charge is -2.09. The lowest BCUT2D eigenvalue weighted by Crippen LogP contribution is -2.18. The fraction of sp³-hybridized carbons (Fsp3) is 0.545. The number of hydrogen-bond donors (Lipinski definition) is 0. The first-order chi connectivity index (χ1) is 7.42. The molecule has 0 aliphatic carbocycles. The number of carbonyl (C=O) groups is 3. The average Bonchev–Trinajstić information content (AvgIpc) is 2.25. The topological polar surface area (TPSA) is 69.7 Å². The van der Waals surface area contributed by atoms with Gasteiger partial charge in [-0.1, -0.05) is 6.08 Å². The Labute approximate surface area is 94.4 Å². The molecule has 0 N–H and O–H groups in total. The van der Waals surface area contributed by atoms with Crippen molar-refractivity contribution in [1.82, 2.24) is 0 Å². The van der Waals surface area contributed by atoms with Crippen molar-refractivity contribution in [3.8, 4) is 0 Å². The molecule has 0 saturated heterocycles. The second-order valence-corrected chi connectivity index (χ2v) is 3.38. The number of carbonyl (C=O) groups excluding carboxylic acids is 3. The molecule has 0 aromatic heterocycles. The Morgan fingerprint density at radius 3 is 2.06 bits per heavy atom. The standard InChI is InChI=1S/C11H16O5/c1-7(10(13)15-3)5-9(6-8(2)12)11(14)16-4/h5,9H,6H2,1-4H3. The quantitative estimate of drug-likeness (QED) is 0.516. The second-order valence-electron chi connectivity index (χ2n) is 3.38. The molecule has 0 aliphatic rings. The van der Waals surface area contributed by atoms with E-state index in [2.05, 4.69) is 9.47 Å². The van der Waals surface area contributed by atoms with Gasteiger partial charge in [0.05, 0.1) is 20.1 Å². The van der Waals surface area contributed by atoms with Crippen LogP contribution in [0.3, 0.4) is 0 Å². The summed E-state index contributed by atoms with van der Waals surface area (Å²) in [5.41, 5.74) is 0.277. The SMILES string of the molecule is COC(=O)C(C)=CC(CC(C)=O)C(=O)OC. The molecule has 1 atom stereocenters. The Bertz CT molecular complexity index is 316. The molecule has 0 aliphatic heterocycles. The summed E-state index contributed by atoms with van der Waals surface area (Å²) in [7, 11) is 2.48. The first kappa shape index (κ1) is 14.3. The Morgan fingerprint density at radius 2 is 1.69 bits per heavy atom. The van der Waals surface area contributed by atoms with E-state index in [9.17, 15) is 14.4 Å². The molecule has 0 amide bonds. The van der Waals surface area contributed by atoms with Crippen molar-refractivity contribution in [1.29, 1.82) is 0 Å². The summed E-state index contributed by atoms with van der Waals surface area (Å²) in [4.78, 5) is 33.4. The van der Waals surface area contributed by atoms with E-state index < -0.39 is 17.9 Å². The largest absolute Gasteiger partial charge is 0.469 e. The van der Waals surface area contributed by atoms with Crippen LogP contribution in [0.1, 0.15) is 20.3 Å². The van der Waals surface area contributed by atoms with E-state index in [-0.39, 0.29) is 17.8 Å². The maximum Gasteiger partial charge on any atom is 0.333 e. The van der Waals surface area contributed by atoms with Crippen LogP contribution in [0.25, 0.3) is 0 Å². The summed E-state index contributed by atoms with van der Waals surface area (Å²) in [6.45, 7) is 2.89. The molecule has 90 valence electrons. The van der Waals surface area contributed by atoms with Gasteiger partial charge in [0.2, 0.25) is 0 Å². The van der Waals surface area contributed by atoms with E-state index in [1.54, 1.807) is 0 Å². The van der Waals surface area contributed by atoms with Gasteiger partial charge in [0.15, 0.2) is 0 Å². The highest BCUT2D eigenvalue weighted by molar-refractivity contribution is 5.90. The normalized spacial score (nSPS) is 12.9. The van der Waals surface area contributed by atoms with Gasteiger partial charge in [0.1, 0.15) is 5.78 Å². The summed E-state index contributed by atoms with van der Waals surface area (Å²) >= 11 is 0. The minimum Gasteiger partial charge on any atom is -0.469 e. The molecule has 5 heteroatoms. The zero-order valence-corrected chi connectivity index (χ0v) is 9.90. The molecule has 0 spiro atoms. The minimum atomic E-state index is -0.735. The van der Waals surface area contributed by atoms with Crippen LogP contribution in [0.15, 0.2) is 11.6 Å². The Morgan fingerprint density at radius 1 is 1.12 bits per heavy atom. The van der Waals surface area contributed by atoms with Gasteiger partial charge in [0, 0.05) is 12.0 Å². The fourth-order valence-electron chi connectivity index (χ4n) is 1.20. The van der Waals surface area contributed by atoms with E-state index in [1.165, 1.54) is 34.1 Å². The van der Waals surface area contributed by atoms with Gasteiger partial charge in [-0.3, -0.25) is 9.59 Å². The van der Waals surface area contributed by atoms with Crippen LogP contribution in [0, 0.1) is 5.92 Å². The van der Waals surface area contributed by atoms with E-state index in [0.717, 1.165) is 0 Å². The van der Waals surface area contributed by atoms with Crippen LogP contribution >= 0.6 is 0 Å². The van der Waals surface area contributed by atoms with Crippen molar-refractivity contribution < 1.29 is 23.9 Å². The molecule has 0 rings (SSSR count). The first-order valence-electron chi connectivity index (χ1n) is 4.76. The predicted octanol–water partition coefficient (Wildman–Crippen LogP) is 0.874. The van der Waals surface area contributed by atoms with Crippen LogP contribution in [-0.2, 0) is 23.9 Å². The average molecular weight is 228 g/mol. The smallest absolute Gasteiger partial charge is 0.333 e. The number of rotatable bonds is 5. The van der Waals surface area contributed by atoms with Gasteiger partial charge < -0.3 is 9.47 Å². The molecule has 0 bridgehead atoms. The van der Waals surface area contributed by atoms with Crippen molar-refractivity contribution in [2.45, 2.75) is 20.3 Å². The first-order valence-corrected chi connectivity index (χ1v) is 4.76. The molecular weight excluding hydrogens is 212 g/mol.